The summed E-state index contributed by atoms with van der Waals surface area (Å²) in [5.74, 6) is 2.41. The van der Waals surface area contributed by atoms with E-state index >= 15 is 0 Å². The van der Waals surface area contributed by atoms with Crippen molar-refractivity contribution in [2.75, 3.05) is 13.1 Å². The highest BCUT2D eigenvalue weighted by Gasteiger charge is 2.27. The highest BCUT2D eigenvalue weighted by molar-refractivity contribution is 5.78. The second kappa shape index (κ2) is 6.55. The number of carbonyl (C=O) groups is 1. The van der Waals surface area contributed by atoms with E-state index in [0.29, 0.717) is 12.6 Å². The van der Waals surface area contributed by atoms with Crippen LogP contribution in [0.25, 0.3) is 0 Å². The van der Waals surface area contributed by atoms with Gasteiger partial charge in [-0.15, -0.1) is 0 Å². The van der Waals surface area contributed by atoms with E-state index in [0.717, 1.165) is 24.3 Å². The normalized spacial score (nSPS) is 28.4. The number of nitrogens with one attached hydrogen (secondary N) is 2. The van der Waals surface area contributed by atoms with Crippen LogP contribution >= 0.6 is 0 Å². The molecule has 0 saturated heterocycles. The summed E-state index contributed by atoms with van der Waals surface area (Å²) < 4.78 is 0. The Morgan fingerprint density at radius 1 is 1.17 bits per heavy atom. The number of hydrogen-bond donors (Lipinski definition) is 2. The van der Waals surface area contributed by atoms with Gasteiger partial charge < -0.3 is 10.6 Å². The number of rotatable bonds is 6. The molecule has 2 fully saturated rings. The molecule has 0 aromatic heterocycles. The second-order valence-corrected chi connectivity index (χ2v) is 6.43. The Hall–Kier alpha value is -0.570. The number of hydrogen-bond acceptors (Lipinski definition) is 2. The first-order valence-electron chi connectivity index (χ1n) is 7.67. The molecule has 2 N–H and O–H groups in total. The Labute approximate surface area is 111 Å². The zero-order valence-corrected chi connectivity index (χ0v) is 11.9. The quantitative estimate of drug-likeness (QED) is 0.761. The lowest BCUT2D eigenvalue weighted by Crippen LogP contribution is -2.45. The summed E-state index contributed by atoms with van der Waals surface area (Å²) in [5.41, 5.74) is 0. The molecule has 2 aliphatic carbocycles. The predicted octanol–water partition coefficient (Wildman–Crippen LogP) is 2.32. The van der Waals surface area contributed by atoms with Crippen LogP contribution in [0.1, 0.15) is 52.4 Å². The molecule has 2 saturated carbocycles. The van der Waals surface area contributed by atoms with Crippen LogP contribution in [0, 0.1) is 17.8 Å². The zero-order valence-electron chi connectivity index (χ0n) is 11.9. The van der Waals surface area contributed by atoms with Crippen molar-refractivity contribution < 1.29 is 4.79 Å². The van der Waals surface area contributed by atoms with Gasteiger partial charge in [-0.2, -0.15) is 0 Å². The molecular formula is C15H28N2O. The molecule has 2 rings (SSSR count). The predicted molar refractivity (Wildman–Crippen MR) is 74.3 cm³/mol. The first-order valence-corrected chi connectivity index (χ1v) is 7.67. The van der Waals surface area contributed by atoms with Gasteiger partial charge in [0, 0.05) is 12.6 Å². The minimum absolute atomic E-state index is 0.176. The lowest BCUT2D eigenvalue weighted by atomic mass is 9.78. The van der Waals surface area contributed by atoms with Crippen LogP contribution in [0.4, 0.5) is 0 Å². The largest absolute Gasteiger partial charge is 0.355 e. The average molecular weight is 252 g/mol. The van der Waals surface area contributed by atoms with Crippen LogP contribution in [0.5, 0.6) is 0 Å². The van der Waals surface area contributed by atoms with Crippen LogP contribution < -0.4 is 10.6 Å². The van der Waals surface area contributed by atoms with E-state index in [9.17, 15) is 4.79 Å². The van der Waals surface area contributed by atoms with Crippen molar-refractivity contribution in [3.8, 4) is 0 Å². The molecule has 2 aliphatic rings. The van der Waals surface area contributed by atoms with Crippen molar-refractivity contribution in [2.24, 2.45) is 17.8 Å². The van der Waals surface area contributed by atoms with E-state index in [1.54, 1.807) is 0 Å². The summed E-state index contributed by atoms with van der Waals surface area (Å²) in [6.45, 7) is 6.00. The van der Waals surface area contributed by atoms with Gasteiger partial charge in [0.2, 0.25) is 5.91 Å². The number of carbonyl (C=O) groups excluding carboxylic acids is 1. The molecule has 104 valence electrons. The van der Waals surface area contributed by atoms with E-state index in [1.165, 1.54) is 38.5 Å². The summed E-state index contributed by atoms with van der Waals surface area (Å²) in [4.78, 5) is 11.7. The van der Waals surface area contributed by atoms with Gasteiger partial charge in [0.15, 0.2) is 0 Å². The van der Waals surface area contributed by atoms with Gasteiger partial charge in [0.1, 0.15) is 0 Å². The molecule has 0 aromatic carbocycles. The minimum atomic E-state index is 0.176. The van der Waals surface area contributed by atoms with Crippen LogP contribution in [0.3, 0.4) is 0 Å². The van der Waals surface area contributed by atoms with Gasteiger partial charge >= 0.3 is 0 Å². The molecule has 2 atom stereocenters. The summed E-state index contributed by atoms with van der Waals surface area (Å²) in [6.07, 6.45) is 7.81. The third-order valence-electron chi connectivity index (χ3n) is 4.49. The first kappa shape index (κ1) is 13.9. The van der Waals surface area contributed by atoms with Gasteiger partial charge in [-0.05, 0) is 43.4 Å². The first-order chi connectivity index (χ1) is 8.66. The van der Waals surface area contributed by atoms with Gasteiger partial charge in [0.05, 0.1) is 6.54 Å². The summed E-state index contributed by atoms with van der Waals surface area (Å²) in [7, 11) is 0. The molecule has 0 heterocycles. The maximum atomic E-state index is 11.7. The van der Waals surface area contributed by atoms with Gasteiger partial charge in [-0.25, -0.2) is 0 Å². The van der Waals surface area contributed by atoms with E-state index in [2.05, 4.69) is 24.5 Å². The van der Waals surface area contributed by atoms with Crippen LogP contribution in [-0.2, 0) is 4.79 Å². The van der Waals surface area contributed by atoms with E-state index < -0.39 is 0 Å². The smallest absolute Gasteiger partial charge is 0.233 e. The van der Waals surface area contributed by atoms with Crippen molar-refractivity contribution in [3.63, 3.8) is 0 Å². The lowest BCUT2D eigenvalue weighted by molar-refractivity contribution is -0.120. The number of amides is 1. The molecule has 0 spiro atoms. The van der Waals surface area contributed by atoms with E-state index in [1.807, 2.05) is 0 Å². The van der Waals surface area contributed by atoms with Crippen LogP contribution in [0.15, 0.2) is 0 Å². The monoisotopic (exact) mass is 252 g/mol. The maximum absolute atomic E-state index is 11.7. The fourth-order valence-electron chi connectivity index (χ4n) is 3.08. The minimum Gasteiger partial charge on any atom is -0.355 e. The molecule has 3 nitrogen and oxygen atoms in total. The maximum Gasteiger partial charge on any atom is 0.233 e. The Kier molecular flexibility index (Phi) is 5.04. The fourth-order valence-corrected chi connectivity index (χ4v) is 3.08. The fraction of sp³-hybridized carbons (Fsp3) is 0.933. The molecule has 2 unspecified atom stereocenters. The summed E-state index contributed by atoms with van der Waals surface area (Å²) in [6, 6.07) is 0.547. The van der Waals surface area contributed by atoms with Crippen molar-refractivity contribution in [3.05, 3.63) is 0 Å². The topological polar surface area (TPSA) is 41.1 Å². The molecule has 3 heteroatoms. The Morgan fingerprint density at radius 3 is 2.56 bits per heavy atom. The van der Waals surface area contributed by atoms with Gasteiger partial charge in [-0.3, -0.25) is 4.79 Å². The standard InChI is InChI=1S/C15H28N2O/c1-11(2)13-5-3-4-6-14(13)16-10-15(18)17-9-12-7-8-12/h11-14,16H,3-10H2,1-2H3,(H,17,18). The molecular weight excluding hydrogens is 224 g/mol. The third-order valence-corrected chi connectivity index (χ3v) is 4.49. The molecule has 1 amide bonds. The van der Waals surface area contributed by atoms with Crippen molar-refractivity contribution in [1.82, 2.24) is 10.6 Å². The molecule has 0 bridgehead atoms. The summed E-state index contributed by atoms with van der Waals surface area (Å²) >= 11 is 0. The van der Waals surface area contributed by atoms with Gasteiger partial charge in [-0.1, -0.05) is 26.7 Å². The Balaban J connectivity index is 1.67. The summed E-state index contributed by atoms with van der Waals surface area (Å²) in [5, 5.41) is 6.51. The van der Waals surface area contributed by atoms with Crippen LogP contribution in [-0.4, -0.2) is 25.0 Å². The van der Waals surface area contributed by atoms with Crippen molar-refractivity contribution in [1.29, 1.82) is 0 Å². The van der Waals surface area contributed by atoms with E-state index in [-0.39, 0.29) is 5.91 Å². The molecule has 0 aromatic rings. The Morgan fingerprint density at radius 2 is 1.89 bits per heavy atom. The van der Waals surface area contributed by atoms with E-state index in [4.69, 9.17) is 0 Å². The lowest BCUT2D eigenvalue weighted by Gasteiger charge is -2.35. The van der Waals surface area contributed by atoms with Crippen molar-refractivity contribution >= 4 is 5.91 Å². The average Bonchev–Trinajstić information content (AvgIpc) is 3.18. The molecule has 0 radical (unpaired) electrons. The van der Waals surface area contributed by atoms with Gasteiger partial charge in [0.25, 0.3) is 0 Å². The van der Waals surface area contributed by atoms with Crippen molar-refractivity contribution in [2.45, 2.75) is 58.4 Å². The third kappa shape index (κ3) is 4.27. The van der Waals surface area contributed by atoms with Crippen LogP contribution in [0.2, 0.25) is 0 Å². The zero-order chi connectivity index (χ0) is 13.0. The highest BCUT2D eigenvalue weighted by atomic mass is 16.1. The molecule has 18 heavy (non-hydrogen) atoms. The SMILES string of the molecule is CC(C)C1CCCCC1NCC(=O)NCC1CC1. The second-order valence-electron chi connectivity index (χ2n) is 6.43. The Bertz CT molecular complexity index is 274. The molecule has 0 aliphatic heterocycles. The highest BCUT2D eigenvalue weighted by Crippen LogP contribution is 2.30.